The smallest absolute Gasteiger partial charge is 0.357 e. The fourth-order valence-corrected chi connectivity index (χ4v) is 2.16. The van der Waals surface area contributed by atoms with Gasteiger partial charge in [-0.3, -0.25) is 0 Å². The largest absolute Gasteiger partial charge is 0.461 e. The molecule has 0 aliphatic carbocycles. The number of ether oxygens (including phenoxy) is 1. The van der Waals surface area contributed by atoms with Crippen molar-refractivity contribution in [2.45, 2.75) is 6.92 Å². The first-order chi connectivity index (χ1) is 7.31. The minimum Gasteiger partial charge on any atom is -0.461 e. The Labute approximate surface area is 92.2 Å². The summed E-state index contributed by atoms with van der Waals surface area (Å²) in [6.45, 7) is 3.91. The summed E-state index contributed by atoms with van der Waals surface area (Å²) in [7, 11) is 0. The van der Waals surface area contributed by atoms with E-state index in [1.54, 1.807) is 12.3 Å². The van der Waals surface area contributed by atoms with Gasteiger partial charge in [-0.25, -0.2) is 9.78 Å². The molecule has 0 saturated carbocycles. The fourth-order valence-electron chi connectivity index (χ4n) is 1.34. The Bertz CT molecular complexity index is 379. The Balaban J connectivity index is 2.06. The van der Waals surface area contributed by atoms with Crippen molar-refractivity contribution >= 4 is 22.4 Å². The molecule has 5 heteroatoms. The molecule has 80 valence electrons. The number of carbonyl (C=O) groups is 1. The number of aromatic nitrogens is 1. The summed E-state index contributed by atoms with van der Waals surface area (Å²) in [6, 6.07) is 0. The van der Waals surface area contributed by atoms with Crippen LogP contribution in [0.4, 0.5) is 5.13 Å². The molecule has 15 heavy (non-hydrogen) atoms. The molecule has 0 radical (unpaired) electrons. The van der Waals surface area contributed by atoms with Gasteiger partial charge in [0, 0.05) is 18.5 Å². The van der Waals surface area contributed by atoms with Crippen LogP contribution in [0.3, 0.4) is 0 Å². The summed E-state index contributed by atoms with van der Waals surface area (Å²) in [5.41, 5.74) is 0.406. The average Bonchev–Trinajstić information content (AvgIpc) is 2.89. The Kier molecular flexibility index (Phi) is 3.01. The van der Waals surface area contributed by atoms with E-state index < -0.39 is 0 Å². The minimum atomic E-state index is -0.341. The lowest BCUT2D eigenvalue weighted by Crippen LogP contribution is -2.18. The molecule has 0 N–H and O–H groups in total. The standard InChI is InChI=1S/C10H12N2O2S/c1-2-14-9(13)8-7-15-10(11-8)12-5-3-4-6-12/h3-4,7H,2,5-6H2,1H3. The predicted octanol–water partition coefficient (Wildman–Crippen LogP) is 1.70. The van der Waals surface area contributed by atoms with Crippen LogP contribution >= 0.6 is 11.3 Å². The van der Waals surface area contributed by atoms with Crippen LogP contribution in [0.15, 0.2) is 17.5 Å². The number of carbonyl (C=O) groups excluding carboxylic acids is 1. The molecule has 2 heterocycles. The number of thiazole rings is 1. The van der Waals surface area contributed by atoms with Crippen LogP contribution in [0, 0.1) is 0 Å². The molecule has 1 aliphatic rings. The van der Waals surface area contributed by atoms with Gasteiger partial charge in [-0.1, -0.05) is 12.2 Å². The van der Waals surface area contributed by atoms with E-state index in [0.717, 1.165) is 18.2 Å². The van der Waals surface area contributed by atoms with Crippen LogP contribution in [0.1, 0.15) is 17.4 Å². The number of anilines is 1. The molecule has 4 nitrogen and oxygen atoms in total. The number of rotatable bonds is 3. The molecule has 0 atom stereocenters. The minimum absolute atomic E-state index is 0.341. The maximum absolute atomic E-state index is 11.4. The number of esters is 1. The van der Waals surface area contributed by atoms with Crippen molar-refractivity contribution in [2.75, 3.05) is 24.6 Å². The van der Waals surface area contributed by atoms with Crippen molar-refractivity contribution in [1.29, 1.82) is 0 Å². The first kappa shape index (κ1) is 10.2. The molecule has 1 aromatic rings. The van der Waals surface area contributed by atoms with Crippen molar-refractivity contribution in [1.82, 2.24) is 4.98 Å². The molecule has 0 unspecified atom stereocenters. The average molecular weight is 224 g/mol. The molecule has 2 rings (SSSR count). The van der Waals surface area contributed by atoms with Gasteiger partial charge in [0.25, 0.3) is 0 Å². The normalized spacial score (nSPS) is 14.6. The summed E-state index contributed by atoms with van der Waals surface area (Å²) in [4.78, 5) is 17.7. The molecule has 1 aliphatic heterocycles. The highest BCUT2D eigenvalue weighted by Gasteiger charge is 2.16. The van der Waals surface area contributed by atoms with Gasteiger partial charge in [-0.05, 0) is 6.92 Å². The molecule has 0 aromatic carbocycles. The SMILES string of the molecule is CCOC(=O)c1csc(N2CC=CC2)n1. The monoisotopic (exact) mass is 224 g/mol. The molecule has 1 aromatic heterocycles. The van der Waals surface area contributed by atoms with Crippen molar-refractivity contribution in [2.24, 2.45) is 0 Å². The molecular weight excluding hydrogens is 212 g/mol. The van der Waals surface area contributed by atoms with Crippen LogP contribution in [0.2, 0.25) is 0 Å². The third kappa shape index (κ3) is 2.18. The van der Waals surface area contributed by atoms with Gasteiger partial charge >= 0.3 is 5.97 Å². The number of nitrogens with zero attached hydrogens (tertiary/aromatic N) is 2. The number of hydrogen-bond acceptors (Lipinski definition) is 5. The molecule has 0 fully saturated rings. The molecular formula is C10H12N2O2S. The van der Waals surface area contributed by atoms with Crippen molar-refractivity contribution in [3.8, 4) is 0 Å². The second-order valence-corrected chi connectivity index (χ2v) is 3.95. The van der Waals surface area contributed by atoms with E-state index >= 15 is 0 Å². The highest BCUT2D eigenvalue weighted by molar-refractivity contribution is 7.13. The predicted molar refractivity (Wildman–Crippen MR) is 59.4 cm³/mol. The lowest BCUT2D eigenvalue weighted by molar-refractivity contribution is 0.0520. The third-order valence-electron chi connectivity index (χ3n) is 2.07. The molecule has 0 bridgehead atoms. The van der Waals surface area contributed by atoms with Gasteiger partial charge in [-0.2, -0.15) is 0 Å². The zero-order valence-corrected chi connectivity index (χ0v) is 9.29. The van der Waals surface area contributed by atoms with Crippen LogP contribution in [0.5, 0.6) is 0 Å². The van der Waals surface area contributed by atoms with Gasteiger partial charge in [0.05, 0.1) is 6.61 Å². The van der Waals surface area contributed by atoms with Gasteiger partial charge in [-0.15, -0.1) is 11.3 Å². The van der Waals surface area contributed by atoms with E-state index in [0.29, 0.717) is 12.3 Å². The van der Waals surface area contributed by atoms with Gasteiger partial charge in [0.1, 0.15) is 0 Å². The van der Waals surface area contributed by atoms with E-state index in [2.05, 4.69) is 22.0 Å². The molecule has 0 spiro atoms. The molecule has 0 saturated heterocycles. The quantitative estimate of drug-likeness (QED) is 0.579. The van der Waals surface area contributed by atoms with Gasteiger partial charge < -0.3 is 9.64 Å². The van der Waals surface area contributed by atoms with E-state index in [9.17, 15) is 4.79 Å². The summed E-state index contributed by atoms with van der Waals surface area (Å²) in [6.07, 6.45) is 4.18. The van der Waals surface area contributed by atoms with Crippen molar-refractivity contribution in [3.05, 3.63) is 23.2 Å². The third-order valence-corrected chi connectivity index (χ3v) is 2.97. The summed E-state index contributed by atoms with van der Waals surface area (Å²) < 4.78 is 4.87. The zero-order valence-electron chi connectivity index (χ0n) is 8.47. The zero-order chi connectivity index (χ0) is 10.7. The van der Waals surface area contributed by atoms with Gasteiger partial charge in [0.15, 0.2) is 10.8 Å². The summed E-state index contributed by atoms with van der Waals surface area (Å²) in [5, 5.41) is 2.62. The number of hydrogen-bond donors (Lipinski definition) is 0. The van der Waals surface area contributed by atoms with E-state index in [-0.39, 0.29) is 5.97 Å². The maximum atomic E-state index is 11.4. The Hall–Kier alpha value is -1.36. The van der Waals surface area contributed by atoms with Crippen LogP contribution in [0.25, 0.3) is 0 Å². The maximum Gasteiger partial charge on any atom is 0.357 e. The second kappa shape index (κ2) is 4.44. The first-order valence-electron chi connectivity index (χ1n) is 4.84. The highest BCUT2D eigenvalue weighted by atomic mass is 32.1. The molecule has 0 amide bonds. The van der Waals surface area contributed by atoms with E-state index in [4.69, 9.17) is 4.74 Å². The Morgan fingerprint density at radius 2 is 2.33 bits per heavy atom. The van der Waals surface area contributed by atoms with Crippen molar-refractivity contribution in [3.63, 3.8) is 0 Å². The Morgan fingerprint density at radius 3 is 3.00 bits per heavy atom. The lowest BCUT2D eigenvalue weighted by atomic mass is 10.5. The summed E-state index contributed by atoms with van der Waals surface area (Å²) in [5.74, 6) is -0.341. The topological polar surface area (TPSA) is 42.4 Å². The highest BCUT2D eigenvalue weighted by Crippen LogP contribution is 2.22. The van der Waals surface area contributed by atoms with Gasteiger partial charge in [0.2, 0.25) is 0 Å². The Morgan fingerprint density at radius 1 is 1.60 bits per heavy atom. The second-order valence-electron chi connectivity index (χ2n) is 3.11. The summed E-state index contributed by atoms with van der Waals surface area (Å²) >= 11 is 1.47. The first-order valence-corrected chi connectivity index (χ1v) is 5.72. The van der Waals surface area contributed by atoms with Crippen LogP contribution in [-0.2, 0) is 4.74 Å². The lowest BCUT2D eigenvalue weighted by Gasteiger charge is -2.12. The van der Waals surface area contributed by atoms with Crippen molar-refractivity contribution < 1.29 is 9.53 Å². The van der Waals surface area contributed by atoms with Crippen LogP contribution < -0.4 is 4.90 Å². The fraction of sp³-hybridized carbons (Fsp3) is 0.400. The van der Waals surface area contributed by atoms with E-state index in [1.165, 1.54) is 11.3 Å². The van der Waals surface area contributed by atoms with E-state index in [1.807, 2.05) is 0 Å². The van der Waals surface area contributed by atoms with Crippen LogP contribution in [-0.4, -0.2) is 30.6 Å².